The van der Waals surface area contributed by atoms with Crippen LogP contribution >= 0.6 is 27.5 Å². The third kappa shape index (κ3) is 4.09. The van der Waals surface area contributed by atoms with E-state index in [2.05, 4.69) is 15.9 Å². The van der Waals surface area contributed by atoms with Gasteiger partial charge in [0.25, 0.3) is 0 Å². The van der Waals surface area contributed by atoms with Gasteiger partial charge >= 0.3 is 0 Å². The van der Waals surface area contributed by atoms with E-state index >= 15 is 0 Å². The predicted molar refractivity (Wildman–Crippen MR) is 107 cm³/mol. The molecule has 0 radical (unpaired) electrons. The molecule has 0 N–H and O–H groups in total. The van der Waals surface area contributed by atoms with Gasteiger partial charge in [-0.3, -0.25) is 9.00 Å². The molecule has 3 aromatic rings. The van der Waals surface area contributed by atoms with Gasteiger partial charge in [0.05, 0.1) is 5.02 Å². The Labute approximate surface area is 166 Å². The molecular formula is C19H14BrClO4S. The molecule has 7 heteroatoms. The topological polar surface area (TPSA) is 56.5 Å². The second-order valence-electron chi connectivity index (χ2n) is 5.53. The van der Waals surface area contributed by atoms with Crippen molar-refractivity contribution in [2.24, 2.45) is 0 Å². The molecule has 4 nitrogen and oxygen atoms in total. The Bertz CT molecular complexity index is 1040. The molecule has 26 heavy (non-hydrogen) atoms. The van der Waals surface area contributed by atoms with Crippen LogP contribution in [0.5, 0.6) is 11.5 Å². The maximum atomic E-state index is 12.5. The summed E-state index contributed by atoms with van der Waals surface area (Å²) < 4.78 is 23.9. The number of ether oxygens (including phenoxy) is 1. The Hall–Kier alpha value is -1.89. The fourth-order valence-electron chi connectivity index (χ4n) is 2.35. The smallest absolute Gasteiger partial charge is 0.228 e. The summed E-state index contributed by atoms with van der Waals surface area (Å²) in [4.78, 5) is 13.2. The lowest BCUT2D eigenvalue weighted by molar-refractivity contribution is 0.438. The Morgan fingerprint density at radius 1 is 1.12 bits per heavy atom. The average Bonchev–Trinajstić information content (AvgIpc) is 2.59. The molecular weight excluding hydrogens is 440 g/mol. The summed E-state index contributed by atoms with van der Waals surface area (Å²) in [5, 5.41) is 0.363. The van der Waals surface area contributed by atoms with Crippen LogP contribution in [0.15, 0.2) is 67.1 Å². The van der Waals surface area contributed by atoms with E-state index in [0.29, 0.717) is 32.8 Å². The van der Waals surface area contributed by atoms with E-state index in [1.165, 1.54) is 6.07 Å². The number of rotatable bonds is 4. The average molecular weight is 454 g/mol. The maximum absolute atomic E-state index is 12.5. The summed E-state index contributed by atoms with van der Waals surface area (Å²) in [6.45, 7) is 1.69. The second kappa shape index (κ2) is 7.78. The number of halogens is 2. The number of hydrogen-bond donors (Lipinski definition) is 0. The van der Waals surface area contributed by atoms with Crippen LogP contribution in [0.4, 0.5) is 0 Å². The van der Waals surface area contributed by atoms with Crippen LogP contribution < -0.4 is 10.2 Å². The fraction of sp³-hybridized carbons (Fsp3) is 0.105. The van der Waals surface area contributed by atoms with Crippen LogP contribution in [-0.2, 0) is 10.8 Å². The molecule has 0 amide bonds. The third-order valence-corrected chi connectivity index (χ3v) is 5.31. The van der Waals surface area contributed by atoms with Crippen molar-refractivity contribution in [2.75, 3.05) is 6.26 Å². The molecule has 1 unspecified atom stereocenters. The first kappa shape index (κ1) is 18.9. The highest BCUT2D eigenvalue weighted by atomic mass is 79.9. The van der Waals surface area contributed by atoms with E-state index in [1.54, 1.807) is 55.6 Å². The summed E-state index contributed by atoms with van der Waals surface area (Å²) in [5.74, 6) is 1.15. The molecule has 0 aliphatic heterocycles. The molecule has 0 aliphatic carbocycles. The minimum atomic E-state index is -1.09. The molecule has 0 saturated heterocycles. The Kier molecular flexibility index (Phi) is 5.65. The van der Waals surface area contributed by atoms with Crippen molar-refractivity contribution in [1.29, 1.82) is 0 Å². The monoisotopic (exact) mass is 452 g/mol. The predicted octanol–water partition coefficient (Wildman–Crippen LogP) is 5.56. The van der Waals surface area contributed by atoms with Gasteiger partial charge < -0.3 is 9.15 Å². The van der Waals surface area contributed by atoms with Crippen LogP contribution in [0, 0.1) is 6.92 Å². The zero-order valence-corrected chi connectivity index (χ0v) is 17.1. The van der Waals surface area contributed by atoms with Crippen molar-refractivity contribution in [3.63, 3.8) is 0 Å². The van der Waals surface area contributed by atoms with Gasteiger partial charge in [-0.15, -0.1) is 0 Å². The van der Waals surface area contributed by atoms with Gasteiger partial charge in [0.15, 0.2) is 5.76 Å². The molecule has 0 bridgehead atoms. The highest BCUT2D eigenvalue weighted by Crippen LogP contribution is 2.35. The number of aryl methyl sites for hydroxylation is 1. The van der Waals surface area contributed by atoms with Crippen molar-refractivity contribution >= 4 is 38.3 Å². The number of benzene rings is 2. The Morgan fingerprint density at radius 2 is 1.81 bits per heavy atom. The lowest BCUT2D eigenvalue weighted by atomic mass is 10.1. The standard InChI is InChI=1S/C19H14BrClO4S/c1-11-9-16(22)19(25-17-8-5-13(20)10-15(17)21)18(24-11)12-3-6-14(7-4-12)26(2)23/h3-10H,1-2H3. The third-order valence-electron chi connectivity index (χ3n) is 3.58. The lowest BCUT2D eigenvalue weighted by Crippen LogP contribution is -2.06. The summed E-state index contributed by atoms with van der Waals surface area (Å²) in [7, 11) is -1.09. The van der Waals surface area contributed by atoms with E-state index in [4.69, 9.17) is 20.8 Å². The van der Waals surface area contributed by atoms with Crippen molar-refractivity contribution in [2.45, 2.75) is 11.8 Å². The maximum Gasteiger partial charge on any atom is 0.228 e. The Morgan fingerprint density at radius 3 is 2.42 bits per heavy atom. The van der Waals surface area contributed by atoms with Gasteiger partial charge in [-0.1, -0.05) is 27.5 Å². The van der Waals surface area contributed by atoms with E-state index in [1.807, 2.05) is 0 Å². The molecule has 3 rings (SSSR count). The largest absolute Gasteiger partial charge is 0.457 e. The van der Waals surface area contributed by atoms with Crippen LogP contribution in [0.2, 0.25) is 5.02 Å². The van der Waals surface area contributed by atoms with Crippen molar-refractivity contribution in [1.82, 2.24) is 0 Å². The first-order valence-corrected chi connectivity index (χ1v) is 10.3. The summed E-state index contributed by atoms with van der Waals surface area (Å²) in [5.41, 5.74) is 0.328. The molecule has 0 fully saturated rings. The van der Waals surface area contributed by atoms with Gasteiger partial charge in [-0.25, -0.2) is 0 Å². The van der Waals surface area contributed by atoms with E-state index in [-0.39, 0.29) is 11.2 Å². The molecule has 1 heterocycles. The van der Waals surface area contributed by atoms with Gasteiger partial charge in [-0.2, -0.15) is 0 Å². The van der Waals surface area contributed by atoms with Crippen LogP contribution in [-0.4, -0.2) is 10.5 Å². The zero-order valence-electron chi connectivity index (χ0n) is 13.9. The molecule has 0 spiro atoms. The van der Waals surface area contributed by atoms with E-state index in [9.17, 15) is 9.00 Å². The highest BCUT2D eigenvalue weighted by molar-refractivity contribution is 9.10. The summed E-state index contributed by atoms with van der Waals surface area (Å²) >= 11 is 9.53. The first-order valence-electron chi connectivity index (χ1n) is 7.56. The number of hydrogen-bond acceptors (Lipinski definition) is 4. The van der Waals surface area contributed by atoms with Crippen molar-refractivity contribution in [3.05, 3.63) is 74.0 Å². The minimum Gasteiger partial charge on any atom is -0.457 e. The van der Waals surface area contributed by atoms with Gasteiger partial charge in [0, 0.05) is 38.1 Å². The van der Waals surface area contributed by atoms with E-state index in [0.717, 1.165) is 4.47 Å². The van der Waals surface area contributed by atoms with Gasteiger partial charge in [0.2, 0.25) is 11.2 Å². The highest BCUT2D eigenvalue weighted by Gasteiger charge is 2.17. The van der Waals surface area contributed by atoms with Crippen molar-refractivity contribution < 1.29 is 13.4 Å². The molecule has 0 aliphatic rings. The van der Waals surface area contributed by atoms with Crippen molar-refractivity contribution in [3.8, 4) is 22.8 Å². The van der Waals surface area contributed by atoms with Crippen LogP contribution in [0.1, 0.15) is 5.76 Å². The van der Waals surface area contributed by atoms with Crippen LogP contribution in [0.3, 0.4) is 0 Å². The quantitative estimate of drug-likeness (QED) is 0.519. The van der Waals surface area contributed by atoms with Gasteiger partial charge in [0.1, 0.15) is 11.5 Å². The fourth-order valence-corrected chi connectivity index (χ4v) is 3.58. The minimum absolute atomic E-state index is 0.0465. The SMILES string of the molecule is Cc1cc(=O)c(Oc2ccc(Br)cc2Cl)c(-c2ccc(S(C)=O)cc2)o1. The zero-order chi connectivity index (χ0) is 18.8. The molecule has 1 atom stereocenters. The molecule has 134 valence electrons. The van der Waals surface area contributed by atoms with E-state index < -0.39 is 10.8 Å². The second-order valence-corrected chi connectivity index (χ2v) is 8.24. The molecule has 2 aromatic carbocycles. The molecule has 1 aromatic heterocycles. The van der Waals surface area contributed by atoms with Gasteiger partial charge in [-0.05, 0) is 49.4 Å². The molecule has 0 saturated carbocycles. The Balaban J connectivity index is 2.10. The normalized spacial score (nSPS) is 12.0. The summed E-state index contributed by atoms with van der Waals surface area (Å²) in [6, 6.07) is 13.4. The van der Waals surface area contributed by atoms with Crippen LogP contribution in [0.25, 0.3) is 11.3 Å². The summed E-state index contributed by atoms with van der Waals surface area (Å²) in [6.07, 6.45) is 1.60. The first-order chi connectivity index (χ1) is 12.3. The lowest BCUT2D eigenvalue weighted by Gasteiger charge is -2.12.